The molecule has 0 amide bonds. The predicted molar refractivity (Wildman–Crippen MR) is 58.7 cm³/mol. The average molecular weight is 207 g/mol. The number of hydrogen-bond acceptors (Lipinski definition) is 3. The molecule has 14 heavy (non-hydrogen) atoms. The summed E-state index contributed by atoms with van der Waals surface area (Å²) in [5.74, 6) is 1.70. The van der Waals surface area contributed by atoms with Gasteiger partial charge in [0.25, 0.3) is 0 Å². The van der Waals surface area contributed by atoms with Gasteiger partial charge >= 0.3 is 0 Å². The van der Waals surface area contributed by atoms with E-state index < -0.39 is 0 Å². The van der Waals surface area contributed by atoms with Crippen LogP contribution in [0.5, 0.6) is 5.75 Å². The van der Waals surface area contributed by atoms with E-state index in [0.29, 0.717) is 6.42 Å². The Morgan fingerprint density at radius 2 is 2.29 bits per heavy atom. The van der Waals surface area contributed by atoms with E-state index in [2.05, 4.69) is 12.1 Å². The number of nitriles is 1. The highest BCUT2D eigenvalue weighted by molar-refractivity contribution is 7.99. The molecule has 0 bridgehead atoms. The van der Waals surface area contributed by atoms with Crippen molar-refractivity contribution in [3.63, 3.8) is 0 Å². The van der Waals surface area contributed by atoms with Gasteiger partial charge in [0, 0.05) is 17.1 Å². The van der Waals surface area contributed by atoms with Crippen LogP contribution in [0.1, 0.15) is 12.0 Å². The summed E-state index contributed by atoms with van der Waals surface area (Å²) in [4.78, 5) is 1.11. The molecule has 3 heteroatoms. The molecule has 1 rings (SSSR count). The first-order chi connectivity index (χ1) is 6.77. The molecule has 0 spiro atoms. The molecule has 2 nitrogen and oxygen atoms in total. The Hall–Kier alpha value is -1.14. The maximum atomic E-state index is 8.43. The third-order valence-electron chi connectivity index (χ3n) is 1.79. The standard InChI is InChI=1S/C11H13NOS/c1-9-4-5-10(13-2)11(8-9)14-7-3-6-12/h4-5,8H,3,7H2,1-2H3. The van der Waals surface area contributed by atoms with Crippen LogP contribution < -0.4 is 4.74 Å². The van der Waals surface area contributed by atoms with E-state index in [1.54, 1.807) is 18.9 Å². The quantitative estimate of drug-likeness (QED) is 0.562. The van der Waals surface area contributed by atoms with Gasteiger partial charge in [-0.05, 0) is 24.6 Å². The Morgan fingerprint density at radius 3 is 2.93 bits per heavy atom. The van der Waals surface area contributed by atoms with Gasteiger partial charge in [0.05, 0.1) is 13.2 Å². The second-order valence-electron chi connectivity index (χ2n) is 2.91. The molecular weight excluding hydrogens is 194 g/mol. The number of nitrogens with zero attached hydrogens (tertiary/aromatic N) is 1. The van der Waals surface area contributed by atoms with Crippen molar-refractivity contribution in [2.24, 2.45) is 0 Å². The van der Waals surface area contributed by atoms with Crippen molar-refractivity contribution in [3.8, 4) is 11.8 Å². The van der Waals surface area contributed by atoms with E-state index in [4.69, 9.17) is 10.00 Å². The zero-order valence-corrected chi connectivity index (χ0v) is 9.23. The molecule has 0 aliphatic heterocycles. The maximum absolute atomic E-state index is 8.43. The number of aryl methyl sites for hydroxylation is 1. The monoisotopic (exact) mass is 207 g/mol. The van der Waals surface area contributed by atoms with Crippen molar-refractivity contribution in [1.29, 1.82) is 5.26 Å². The number of ether oxygens (including phenoxy) is 1. The minimum absolute atomic E-state index is 0.571. The van der Waals surface area contributed by atoms with Crippen LogP contribution in [0, 0.1) is 18.3 Å². The molecule has 0 N–H and O–H groups in total. The number of hydrogen-bond donors (Lipinski definition) is 0. The SMILES string of the molecule is COc1ccc(C)cc1SCCC#N. The van der Waals surface area contributed by atoms with Crippen molar-refractivity contribution in [2.45, 2.75) is 18.2 Å². The van der Waals surface area contributed by atoms with Crippen molar-refractivity contribution in [2.75, 3.05) is 12.9 Å². The Bertz CT molecular complexity index is 344. The zero-order valence-electron chi connectivity index (χ0n) is 8.41. The fourth-order valence-electron chi connectivity index (χ4n) is 1.10. The highest BCUT2D eigenvalue weighted by Gasteiger charge is 2.02. The lowest BCUT2D eigenvalue weighted by Gasteiger charge is -2.07. The minimum Gasteiger partial charge on any atom is -0.496 e. The smallest absolute Gasteiger partial charge is 0.132 e. The first-order valence-electron chi connectivity index (χ1n) is 4.42. The molecule has 0 atom stereocenters. The number of rotatable bonds is 4. The van der Waals surface area contributed by atoms with E-state index in [1.165, 1.54) is 5.56 Å². The Balaban J connectivity index is 2.73. The summed E-state index contributed by atoms with van der Waals surface area (Å²) in [6.07, 6.45) is 0.571. The summed E-state index contributed by atoms with van der Waals surface area (Å²) in [7, 11) is 1.67. The molecule has 0 radical (unpaired) electrons. The van der Waals surface area contributed by atoms with E-state index in [0.717, 1.165) is 16.4 Å². The van der Waals surface area contributed by atoms with Crippen LogP contribution in [0.2, 0.25) is 0 Å². The number of benzene rings is 1. The van der Waals surface area contributed by atoms with Gasteiger partial charge in [-0.15, -0.1) is 11.8 Å². The van der Waals surface area contributed by atoms with Gasteiger partial charge in [-0.1, -0.05) is 6.07 Å². The second-order valence-corrected chi connectivity index (χ2v) is 4.05. The van der Waals surface area contributed by atoms with Crippen LogP contribution in [0.3, 0.4) is 0 Å². The van der Waals surface area contributed by atoms with Gasteiger partial charge in [-0.25, -0.2) is 0 Å². The van der Waals surface area contributed by atoms with E-state index in [1.807, 2.05) is 19.1 Å². The topological polar surface area (TPSA) is 33.0 Å². The van der Waals surface area contributed by atoms with Crippen LogP contribution in [0.4, 0.5) is 0 Å². The van der Waals surface area contributed by atoms with Crippen LogP contribution in [0.15, 0.2) is 23.1 Å². The van der Waals surface area contributed by atoms with Gasteiger partial charge in [0.15, 0.2) is 0 Å². The summed E-state index contributed by atoms with van der Waals surface area (Å²) in [5.41, 5.74) is 1.21. The molecule has 0 aliphatic rings. The van der Waals surface area contributed by atoms with E-state index in [-0.39, 0.29) is 0 Å². The average Bonchev–Trinajstić information content (AvgIpc) is 2.19. The normalized spacial score (nSPS) is 9.50. The molecule has 0 unspecified atom stereocenters. The van der Waals surface area contributed by atoms with Crippen LogP contribution in [-0.2, 0) is 0 Å². The van der Waals surface area contributed by atoms with E-state index >= 15 is 0 Å². The molecule has 0 heterocycles. The summed E-state index contributed by atoms with van der Waals surface area (Å²) in [5, 5.41) is 8.43. The molecule has 0 saturated carbocycles. The van der Waals surface area contributed by atoms with Crippen molar-refractivity contribution >= 4 is 11.8 Å². The molecule has 1 aromatic rings. The summed E-state index contributed by atoms with van der Waals surface area (Å²) < 4.78 is 5.23. The lowest BCUT2D eigenvalue weighted by molar-refractivity contribution is 0.404. The third kappa shape index (κ3) is 2.97. The molecular formula is C11H13NOS. The maximum Gasteiger partial charge on any atom is 0.132 e. The first kappa shape index (κ1) is 10.9. The molecule has 74 valence electrons. The number of thioether (sulfide) groups is 1. The third-order valence-corrected chi connectivity index (χ3v) is 2.83. The highest BCUT2D eigenvalue weighted by atomic mass is 32.2. The molecule has 0 aromatic heterocycles. The lowest BCUT2D eigenvalue weighted by atomic mass is 10.2. The van der Waals surface area contributed by atoms with Crippen LogP contribution in [-0.4, -0.2) is 12.9 Å². The van der Waals surface area contributed by atoms with Gasteiger partial charge in [-0.2, -0.15) is 5.26 Å². The molecule has 0 saturated heterocycles. The van der Waals surface area contributed by atoms with Crippen molar-refractivity contribution < 1.29 is 4.74 Å². The summed E-state index contributed by atoms with van der Waals surface area (Å²) in [6.45, 7) is 2.05. The Morgan fingerprint density at radius 1 is 1.50 bits per heavy atom. The predicted octanol–water partition coefficient (Wildman–Crippen LogP) is 3.01. The van der Waals surface area contributed by atoms with Crippen LogP contribution in [0.25, 0.3) is 0 Å². The van der Waals surface area contributed by atoms with Gasteiger partial charge < -0.3 is 4.74 Å². The molecule has 0 fully saturated rings. The second kappa shape index (κ2) is 5.56. The van der Waals surface area contributed by atoms with Gasteiger partial charge in [-0.3, -0.25) is 0 Å². The molecule has 1 aromatic carbocycles. The Kier molecular flexibility index (Phi) is 4.34. The van der Waals surface area contributed by atoms with Crippen LogP contribution >= 0.6 is 11.8 Å². The summed E-state index contributed by atoms with van der Waals surface area (Å²) in [6, 6.07) is 8.20. The lowest BCUT2D eigenvalue weighted by Crippen LogP contribution is -1.88. The Labute approximate surface area is 88.9 Å². The first-order valence-corrected chi connectivity index (χ1v) is 5.41. The molecule has 0 aliphatic carbocycles. The fourth-order valence-corrected chi connectivity index (χ4v) is 2.08. The number of methoxy groups -OCH3 is 1. The van der Waals surface area contributed by atoms with Gasteiger partial charge in [0.1, 0.15) is 5.75 Å². The largest absolute Gasteiger partial charge is 0.496 e. The van der Waals surface area contributed by atoms with Gasteiger partial charge in [0.2, 0.25) is 0 Å². The zero-order chi connectivity index (χ0) is 10.4. The van der Waals surface area contributed by atoms with Crippen molar-refractivity contribution in [3.05, 3.63) is 23.8 Å². The highest BCUT2D eigenvalue weighted by Crippen LogP contribution is 2.30. The fraction of sp³-hybridized carbons (Fsp3) is 0.364. The van der Waals surface area contributed by atoms with E-state index in [9.17, 15) is 0 Å². The minimum atomic E-state index is 0.571. The summed E-state index contributed by atoms with van der Waals surface area (Å²) >= 11 is 1.66. The van der Waals surface area contributed by atoms with Crippen molar-refractivity contribution in [1.82, 2.24) is 0 Å².